The summed E-state index contributed by atoms with van der Waals surface area (Å²) in [6, 6.07) is 7.61. The maximum atomic E-state index is 11.7. The first kappa shape index (κ1) is 20.1. The van der Waals surface area contributed by atoms with Crippen LogP contribution in [0.25, 0.3) is 11.4 Å². The largest absolute Gasteiger partial charge is 0.494 e. The van der Waals surface area contributed by atoms with E-state index in [0.717, 1.165) is 24.2 Å². The van der Waals surface area contributed by atoms with Crippen molar-refractivity contribution in [2.75, 3.05) is 13.2 Å². The van der Waals surface area contributed by atoms with Gasteiger partial charge in [-0.25, -0.2) is 0 Å². The van der Waals surface area contributed by atoms with E-state index in [9.17, 15) is 8.42 Å². The second kappa shape index (κ2) is 8.17. The van der Waals surface area contributed by atoms with E-state index in [0.29, 0.717) is 25.5 Å². The van der Waals surface area contributed by atoms with Gasteiger partial charge in [-0.2, -0.15) is 13.2 Å². The fourth-order valence-electron chi connectivity index (χ4n) is 2.72. The zero-order valence-corrected chi connectivity index (χ0v) is 17.2. The van der Waals surface area contributed by atoms with Crippen LogP contribution in [0.1, 0.15) is 33.6 Å². The maximum absolute atomic E-state index is 11.7. The first-order chi connectivity index (χ1) is 13.3. The number of rotatable bonds is 9. The minimum atomic E-state index is -3.38. The Balaban J connectivity index is 1.46. The third-order valence-electron chi connectivity index (χ3n) is 4.67. The van der Waals surface area contributed by atoms with Crippen LogP contribution in [0.15, 0.2) is 36.7 Å². The third-order valence-corrected chi connectivity index (χ3v) is 6.03. The molecule has 0 saturated heterocycles. The number of aryl methyl sites for hydroxylation is 1. The van der Waals surface area contributed by atoms with E-state index in [2.05, 4.69) is 34.0 Å². The molecule has 1 aromatic carbocycles. The molecule has 2 aromatic rings. The Hall–Kier alpha value is -2.62. The summed E-state index contributed by atoms with van der Waals surface area (Å²) < 4.78 is 33.0. The molecule has 1 aliphatic rings. The number of hydrogen-bond acceptors (Lipinski definition) is 6. The van der Waals surface area contributed by atoms with E-state index in [1.165, 1.54) is 10.5 Å². The van der Waals surface area contributed by atoms with Gasteiger partial charge in [-0.15, -0.1) is 10.2 Å². The van der Waals surface area contributed by atoms with Gasteiger partial charge in [0.2, 0.25) is 5.82 Å². The molecule has 0 saturated carbocycles. The fourth-order valence-corrected chi connectivity index (χ4v) is 3.64. The van der Waals surface area contributed by atoms with Crippen molar-refractivity contribution in [3.63, 3.8) is 0 Å². The Kier molecular flexibility index (Phi) is 5.87. The van der Waals surface area contributed by atoms with Gasteiger partial charge in [0.1, 0.15) is 5.75 Å². The van der Waals surface area contributed by atoms with Gasteiger partial charge in [0.05, 0.1) is 13.2 Å². The lowest BCUT2D eigenvalue weighted by molar-refractivity contribution is 0.211. The molecule has 0 unspecified atom stereocenters. The molecular formula is C18H26N6O3S. The first-order valence-electron chi connectivity index (χ1n) is 9.26. The number of hydrogen-bond donors (Lipinski definition) is 1. The summed E-state index contributed by atoms with van der Waals surface area (Å²) in [6.07, 6.45) is 4.54. The molecule has 9 nitrogen and oxygen atoms in total. The lowest BCUT2D eigenvalue weighted by Crippen LogP contribution is -2.32. The van der Waals surface area contributed by atoms with Crippen LogP contribution in [-0.4, -0.2) is 46.1 Å². The SMILES string of the molecule is CCn1nnc(-c2ccc(OCCC(C)(C)CCN3C=CNS3(=O)=O)cc2)n1. The number of aromatic nitrogens is 4. The van der Waals surface area contributed by atoms with Gasteiger partial charge in [-0.05, 0) is 54.7 Å². The molecular weight excluding hydrogens is 380 g/mol. The summed E-state index contributed by atoms with van der Waals surface area (Å²) in [5, 5.41) is 12.3. The predicted octanol–water partition coefficient (Wildman–Crippen LogP) is 2.17. The Labute approximate surface area is 165 Å². The molecule has 152 valence electrons. The molecule has 1 N–H and O–H groups in total. The molecule has 0 spiro atoms. The molecule has 0 amide bonds. The second-order valence-corrected chi connectivity index (χ2v) is 9.04. The van der Waals surface area contributed by atoms with Crippen LogP contribution < -0.4 is 9.46 Å². The highest BCUT2D eigenvalue weighted by Crippen LogP contribution is 2.27. The molecule has 10 heteroatoms. The summed E-state index contributed by atoms with van der Waals surface area (Å²) in [5.74, 6) is 1.37. The van der Waals surface area contributed by atoms with E-state index in [1.807, 2.05) is 31.2 Å². The van der Waals surface area contributed by atoms with Crippen LogP contribution in [0.4, 0.5) is 0 Å². The number of nitrogens with zero attached hydrogens (tertiary/aromatic N) is 5. The Morgan fingerprint density at radius 2 is 1.93 bits per heavy atom. The van der Waals surface area contributed by atoms with E-state index in [1.54, 1.807) is 11.0 Å². The van der Waals surface area contributed by atoms with Crippen molar-refractivity contribution < 1.29 is 13.2 Å². The van der Waals surface area contributed by atoms with Crippen LogP contribution in [0.5, 0.6) is 5.75 Å². The monoisotopic (exact) mass is 406 g/mol. The Morgan fingerprint density at radius 3 is 2.54 bits per heavy atom. The van der Waals surface area contributed by atoms with Crippen molar-refractivity contribution in [3.8, 4) is 17.1 Å². The number of benzene rings is 1. The standard InChI is InChI=1S/C18H26N6O3S/c1-4-24-21-17(20-22-24)15-5-7-16(8-6-15)27-14-10-18(2,3)9-12-23-13-11-19-28(23,25)26/h5-8,11,13,19H,4,9-10,12,14H2,1-3H3. The van der Waals surface area contributed by atoms with Crippen molar-refractivity contribution in [1.82, 2.24) is 29.2 Å². The van der Waals surface area contributed by atoms with Gasteiger partial charge < -0.3 is 4.74 Å². The minimum absolute atomic E-state index is 0.0472. The van der Waals surface area contributed by atoms with Gasteiger partial charge >= 0.3 is 10.2 Å². The number of tetrazole rings is 1. The molecule has 2 heterocycles. The lowest BCUT2D eigenvalue weighted by atomic mass is 9.86. The van der Waals surface area contributed by atoms with Crippen LogP contribution in [0.2, 0.25) is 0 Å². The third kappa shape index (κ3) is 5.00. The van der Waals surface area contributed by atoms with E-state index in [-0.39, 0.29) is 5.41 Å². The summed E-state index contributed by atoms with van der Waals surface area (Å²) in [6.45, 7) is 7.86. The summed E-state index contributed by atoms with van der Waals surface area (Å²) in [5.41, 5.74) is 0.843. The molecule has 1 aromatic heterocycles. The van der Waals surface area contributed by atoms with Gasteiger partial charge in [0, 0.05) is 24.5 Å². The molecule has 3 rings (SSSR count). The average Bonchev–Trinajstić information content (AvgIpc) is 3.26. The van der Waals surface area contributed by atoms with Gasteiger partial charge in [-0.1, -0.05) is 13.8 Å². The molecule has 0 bridgehead atoms. The van der Waals surface area contributed by atoms with E-state index < -0.39 is 10.2 Å². The number of ether oxygens (including phenoxy) is 1. The molecule has 28 heavy (non-hydrogen) atoms. The van der Waals surface area contributed by atoms with Crippen molar-refractivity contribution in [2.45, 2.75) is 40.2 Å². The van der Waals surface area contributed by atoms with Gasteiger partial charge in [0.15, 0.2) is 0 Å². The van der Waals surface area contributed by atoms with Crippen molar-refractivity contribution in [2.24, 2.45) is 5.41 Å². The quantitative estimate of drug-likeness (QED) is 0.685. The zero-order chi connectivity index (χ0) is 20.2. The Bertz CT molecular complexity index is 921. The zero-order valence-electron chi connectivity index (χ0n) is 16.4. The van der Waals surface area contributed by atoms with Gasteiger partial charge in [0.25, 0.3) is 0 Å². The summed E-state index contributed by atoms with van der Waals surface area (Å²) >= 11 is 0. The van der Waals surface area contributed by atoms with Crippen LogP contribution in [-0.2, 0) is 16.8 Å². The molecule has 0 aliphatic carbocycles. The van der Waals surface area contributed by atoms with E-state index >= 15 is 0 Å². The maximum Gasteiger partial charge on any atom is 0.323 e. The smallest absolute Gasteiger partial charge is 0.323 e. The second-order valence-electron chi connectivity index (χ2n) is 7.39. The topological polar surface area (TPSA) is 102 Å². The van der Waals surface area contributed by atoms with Crippen LogP contribution in [0.3, 0.4) is 0 Å². The van der Waals surface area contributed by atoms with Gasteiger partial charge in [-0.3, -0.25) is 9.03 Å². The first-order valence-corrected chi connectivity index (χ1v) is 10.7. The normalized spacial score (nSPS) is 15.6. The highest BCUT2D eigenvalue weighted by Gasteiger charge is 2.25. The van der Waals surface area contributed by atoms with Crippen molar-refractivity contribution in [1.29, 1.82) is 0 Å². The van der Waals surface area contributed by atoms with Crippen molar-refractivity contribution >= 4 is 10.2 Å². The van der Waals surface area contributed by atoms with Crippen molar-refractivity contribution in [3.05, 3.63) is 36.7 Å². The highest BCUT2D eigenvalue weighted by atomic mass is 32.2. The summed E-state index contributed by atoms with van der Waals surface area (Å²) in [4.78, 5) is 1.54. The lowest BCUT2D eigenvalue weighted by Gasteiger charge is -2.26. The molecule has 1 aliphatic heterocycles. The average molecular weight is 407 g/mol. The molecule has 0 atom stereocenters. The van der Waals surface area contributed by atoms with E-state index in [4.69, 9.17) is 4.74 Å². The Morgan fingerprint density at radius 1 is 1.18 bits per heavy atom. The number of nitrogens with one attached hydrogen (secondary N) is 1. The van der Waals surface area contributed by atoms with Crippen LogP contribution in [0, 0.1) is 5.41 Å². The highest BCUT2D eigenvalue weighted by molar-refractivity contribution is 7.87. The minimum Gasteiger partial charge on any atom is -0.494 e. The van der Waals surface area contributed by atoms with Crippen LogP contribution >= 0.6 is 0 Å². The fraction of sp³-hybridized carbons (Fsp3) is 0.500. The predicted molar refractivity (Wildman–Crippen MR) is 105 cm³/mol. The molecule has 0 fully saturated rings. The summed E-state index contributed by atoms with van der Waals surface area (Å²) in [7, 11) is -3.38. The molecule has 0 radical (unpaired) electrons.